The van der Waals surface area contributed by atoms with Crippen LogP contribution in [0.25, 0.3) is 0 Å². The molecular weight excluding hydrogens is 280 g/mol. The number of hydrogen-bond donors (Lipinski definition) is 1. The third-order valence-corrected chi connectivity index (χ3v) is 2.32. The summed E-state index contributed by atoms with van der Waals surface area (Å²) in [7, 11) is 1.37. The van der Waals surface area contributed by atoms with Gasteiger partial charge in [-0.25, -0.2) is 4.79 Å². The Morgan fingerprint density at radius 1 is 1.43 bits per heavy atom. The van der Waals surface area contributed by atoms with Gasteiger partial charge >= 0.3 is 5.97 Å². The molecule has 1 aromatic carbocycles. The molecule has 0 atom stereocenters. The highest BCUT2D eigenvalue weighted by Gasteiger charge is 2.17. The lowest BCUT2D eigenvalue weighted by Gasteiger charge is -2.07. The second kappa shape index (κ2) is 7.63. The number of carbonyl (C=O) groups is 2. The molecule has 0 saturated heterocycles. The second-order valence-electron chi connectivity index (χ2n) is 3.80. The van der Waals surface area contributed by atoms with Crippen molar-refractivity contribution in [3.8, 4) is 5.75 Å². The minimum Gasteiger partial charge on any atom is -0.496 e. The smallest absolute Gasteiger partial charge is 0.330 e. The van der Waals surface area contributed by atoms with Gasteiger partial charge in [-0.3, -0.25) is 14.9 Å². The van der Waals surface area contributed by atoms with Crippen molar-refractivity contribution in [2.45, 2.75) is 6.92 Å². The van der Waals surface area contributed by atoms with E-state index in [9.17, 15) is 19.7 Å². The Balaban J connectivity index is 2.76. The van der Waals surface area contributed by atoms with Gasteiger partial charge in [0.05, 0.1) is 18.1 Å². The third kappa shape index (κ3) is 4.94. The number of methoxy groups -OCH3 is 1. The number of nitrogens with one attached hydrogen (secondary N) is 1. The lowest BCUT2D eigenvalue weighted by molar-refractivity contribution is -0.384. The van der Waals surface area contributed by atoms with E-state index >= 15 is 0 Å². The largest absolute Gasteiger partial charge is 0.496 e. The monoisotopic (exact) mass is 294 g/mol. The molecular formula is C13H14N2O6. The van der Waals surface area contributed by atoms with Gasteiger partial charge in [-0.05, 0) is 19.1 Å². The van der Waals surface area contributed by atoms with E-state index < -0.39 is 23.4 Å². The number of esters is 1. The number of amides is 1. The quantitative estimate of drug-likeness (QED) is 0.370. The second-order valence-corrected chi connectivity index (χ2v) is 3.80. The molecule has 0 aliphatic rings. The zero-order valence-corrected chi connectivity index (χ0v) is 11.5. The average molecular weight is 294 g/mol. The molecule has 0 fully saturated rings. The topological polar surface area (TPSA) is 108 Å². The highest BCUT2D eigenvalue weighted by Crippen LogP contribution is 2.28. The van der Waals surface area contributed by atoms with E-state index in [2.05, 4.69) is 10.1 Å². The van der Waals surface area contributed by atoms with Gasteiger partial charge in [-0.1, -0.05) is 6.08 Å². The summed E-state index contributed by atoms with van der Waals surface area (Å²) in [6.07, 6.45) is 2.62. The molecule has 0 aliphatic heterocycles. The van der Waals surface area contributed by atoms with Gasteiger partial charge in [0.1, 0.15) is 11.4 Å². The molecule has 0 spiro atoms. The van der Waals surface area contributed by atoms with Crippen LogP contribution in [0.4, 0.5) is 11.4 Å². The lowest BCUT2D eigenvalue weighted by atomic mass is 10.2. The van der Waals surface area contributed by atoms with Crippen LogP contribution in [0.15, 0.2) is 30.4 Å². The van der Waals surface area contributed by atoms with Crippen LogP contribution in [0.1, 0.15) is 6.92 Å². The van der Waals surface area contributed by atoms with Crippen molar-refractivity contribution < 1.29 is 24.0 Å². The molecule has 0 bridgehead atoms. The van der Waals surface area contributed by atoms with Gasteiger partial charge in [0.15, 0.2) is 6.61 Å². The minimum atomic E-state index is -0.680. The van der Waals surface area contributed by atoms with Crippen molar-refractivity contribution in [2.24, 2.45) is 0 Å². The van der Waals surface area contributed by atoms with Gasteiger partial charge in [0.25, 0.3) is 11.6 Å². The van der Waals surface area contributed by atoms with Crippen LogP contribution in [0.3, 0.4) is 0 Å². The number of anilines is 1. The minimum absolute atomic E-state index is 0.00659. The van der Waals surface area contributed by atoms with Crippen molar-refractivity contribution in [3.05, 3.63) is 40.5 Å². The average Bonchev–Trinajstić information content (AvgIpc) is 2.45. The number of rotatable bonds is 6. The third-order valence-electron chi connectivity index (χ3n) is 2.32. The van der Waals surface area contributed by atoms with Gasteiger partial charge in [0.2, 0.25) is 0 Å². The van der Waals surface area contributed by atoms with E-state index in [0.29, 0.717) is 5.75 Å². The van der Waals surface area contributed by atoms with Crippen molar-refractivity contribution in [3.63, 3.8) is 0 Å². The van der Waals surface area contributed by atoms with Gasteiger partial charge in [-0.15, -0.1) is 0 Å². The summed E-state index contributed by atoms with van der Waals surface area (Å²) in [5.41, 5.74) is -0.324. The van der Waals surface area contributed by atoms with Crippen LogP contribution in [0.2, 0.25) is 0 Å². The Hall–Kier alpha value is -2.90. The van der Waals surface area contributed by atoms with Gasteiger partial charge < -0.3 is 14.8 Å². The number of carbonyl (C=O) groups excluding carboxylic acids is 2. The number of benzene rings is 1. The molecule has 1 N–H and O–H groups in total. The number of ether oxygens (including phenoxy) is 2. The molecule has 1 aromatic rings. The van der Waals surface area contributed by atoms with E-state index in [1.807, 2.05) is 0 Å². The molecule has 21 heavy (non-hydrogen) atoms. The van der Waals surface area contributed by atoms with Gasteiger partial charge in [-0.2, -0.15) is 0 Å². The van der Waals surface area contributed by atoms with E-state index in [4.69, 9.17) is 4.74 Å². The summed E-state index contributed by atoms with van der Waals surface area (Å²) in [6, 6.07) is 3.98. The Labute approximate surface area is 120 Å². The highest BCUT2D eigenvalue weighted by atomic mass is 16.6. The first-order chi connectivity index (χ1) is 9.97. The summed E-state index contributed by atoms with van der Waals surface area (Å²) in [5, 5.41) is 13.2. The van der Waals surface area contributed by atoms with Crippen LogP contribution >= 0.6 is 0 Å². The van der Waals surface area contributed by atoms with E-state index in [1.54, 1.807) is 6.92 Å². The first-order valence-corrected chi connectivity index (χ1v) is 5.89. The Morgan fingerprint density at radius 2 is 2.14 bits per heavy atom. The standard InChI is InChI=1S/C13H14N2O6/c1-3-4-13(17)21-8-12(16)14-10-6-5-9(20-2)7-11(10)15(18)19/h3-7H,8H2,1-2H3,(H,14,16)/b4-3+. The number of nitro groups is 1. The Bertz CT molecular complexity index is 582. The fourth-order valence-electron chi connectivity index (χ4n) is 1.40. The molecule has 8 heteroatoms. The van der Waals surface area contributed by atoms with E-state index in [-0.39, 0.29) is 11.4 Å². The van der Waals surface area contributed by atoms with E-state index in [1.165, 1.54) is 31.4 Å². The zero-order valence-electron chi connectivity index (χ0n) is 11.5. The maximum Gasteiger partial charge on any atom is 0.330 e. The summed E-state index contributed by atoms with van der Waals surface area (Å²) < 4.78 is 9.51. The summed E-state index contributed by atoms with van der Waals surface area (Å²) in [5.74, 6) is -1.06. The first-order valence-electron chi connectivity index (χ1n) is 5.89. The SMILES string of the molecule is C/C=C/C(=O)OCC(=O)Nc1ccc(OC)cc1[N+](=O)[O-]. The highest BCUT2D eigenvalue weighted by molar-refractivity contribution is 5.95. The fraction of sp³-hybridized carbons (Fsp3) is 0.231. The lowest BCUT2D eigenvalue weighted by Crippen LogP contribution is -2.20. The predicted molar refractivity (Wildman–Crippen MR) is 74.1 cm³/mol. The molecule has 8 nitrogen and oxygen atoms in total. The van der Waals surface area contributed by atoms with Crippen molar-refractivity contribution >= 4 is 23.3 Å². The molecule has 0 aromatic heterocycles. The Kier molecular flexibility index (Phi) is 5.87. The summed E-state index contributed by atoms with van der Waals surface area (Å²) in [4.78, 5) is 32.9. The number of allylic oxidation sites excluding steroid dienone is 1. The van der Waals surface area contributed by atoms with Crippen molar-refractivity contribution in [1.82, 2.24) is 0 Å². The molecule has 112 valence electrons. The summed E-state index contributed by atoms with van der Waals surface area (Å²) >= 11 is 0. The molecule has 1 amide bonds. The van der Waals surface area contributed by atoms with Crippen molar-refractivity contribution in [1.29, 1.82) is 0 Å². The zero-order chi connectivity index (χ0) is 15.8. The number of hydrogen-bond acceptors (Lipinski definition) is 6. The fourth-order valence-corrected chi connectivity index (χ4v) is 1.40. The van der Waals surface area contributed by atoms with Crippen LogP contribution in [-0.4, -0.2) is 30.5 Å². The van der Waals surface area contributed by atoms with Crippen LogP contribution in [-0.2, 0) is 14.3 Å². The molecule has 1 rings (SSSR count). The van der Waals surface area contributed by atoms with Crippen LogP contribution in [0, 0.1) is 10.1 Å². The Morgan fingerprint density at radius 3 is 2.71 bits per heavy atom. The predicted octanol–water partition coefficient (Wildman–Crippen LogP) is 1.66. The maximum atomic E-state index is 11.6. The number of nitrogens with zero attached hydrogens (tertiary/aromatic N) is 1. The first kappa shape index (κ1) is 16.2. The normalized spacial score (nSPS) is 10.2. The number of nitro benzene ring substituents is 1. The maximum absolute atomic E-state index is 11.6. The summed E-state index contributed by atoms with van der Waals surface area (Å²) in [6.45, 7) is 1.09. The molecule has 0 heterocycles. The van der Waals surface area contributed by atoms with E-state index in [0.717, 1.165) is 6.08 Å². The van der Waals surface area contributed by atoms with Crippen molar-refractivity contribution in [2.75, 3.05) is 19.0 Å². The molecule has 0 saturated carbocycles. The molecule has 0 aliphatic carbocycles. The van der Waals surface area contributed by atoms with Crippen LogP contribution < -0.4 is 10.1 Å². The molecule has 0 unspecified atom stereocenters. The molecule has 0 radical (unpaired) electrons. The van der Waals surface area contributed by atoms with Crippen LogP contribution in [0.5, 0.6) is 5.75 Å². The van der Waals surface area contributed by atoms with Gasteiger partial charge in [0, 0.05) is 6.08 Å².